The van der Waals surface area contributed by atoms with E-state index in [1.807, 2.05) is 48.7 Å². The second-order valence-electron chi connectivity index (χ2n) is 12.4. The van der Waals surface area contributed by atoms with E-state index in [1.165, 1.54) is 6.26 Å². The number of thioether (sulfide) groups is 1. The topological polar surface area (TPSA) is 98.5 Å². The number of rotatable bonds is 10. The van der Waals surface area contributed by atoms with Gasteiger partial charge >= 0.3 is 5.97 Å². The molecule has 1 atom stereocenters. The normalized spacial score (nSPS) is 14.9. The van der Waals surface area contributed by atoms with Gasteiger partial charge in [0.2, 0.25) is 0 Å². The average Bonchev–Trinajstić information content (AvgIpc) is 3.29. The fraction of sp³-hybridized carbons (Fsp3) is 0.278. The van der Waals surface area contributed by atoms with Crippen molar-refractivity contribution in [1.82, 2.24) is 9.55 Å². The average molecular weight is 641 g/mol. The van der Waals surface area contributed by atoms with Crippen LogP contribution in [0.2, 0.25) is 0 Å². The zero-order valence-electron chi connectivity index (χ0n) is 25.8. The number of carboxylic acids is 1. The van der Waals surface area contributed by atoms with Crippen LogP contribution in [0, 0.1) is 5.41 Å². The summed E-state index contributed by atoms with van der Waals surface area (Å²) in [5.74, 6) is -0.0450. The zero-order valence-corrected chi connectivity index (χ0v) is 27.4. The van der Waals surface area contributed by atoms with Crippen LogP contribution >= 0.6 is 11.8 Å². The molecule has 5 aromatic rings. The van der Waals surface area contributed by atoms with E-state index in [0.717, 1.165) is 61.6 Å². The third kappa shape index (κ3) is 6.37. The van der Waals surface area contributed by atoms with Gasteiger partial charge in [-0.05, 0) is 61.7 Å². The first-order chi connectivity index (χ1) is 21.4. The maximum absolute atomic E-state index is 12.3. The van der Waals surface area contributed by atoms with Crippen molar-refractivity contribution in [2.45, 2.75) is 61.8 Å². The summed E-state index contributed by atoms with van der Waals surface area (Å²) >= 11 is 1.78. The molecule has 1 aliphatic rings. The molecule has 1 N–H and O–H groups in total. The lowest BCUT2D eigenvalue weighted by molar-refractivity contribution is -0.146. The molecule has 1 aliphatic heterocycles. The Morgan fingerprint density at radius 2 is 1.76 bits per heavy atom. The summed E-state index contributed by atoms with van der Waals surface area (Å²) in [6.45, 7) is 6.52. The van der Waals surface area contributed by atoms with Gasteiger partial charge in [-0.1, -0.05) is 55.5 Å². The van der Waals surface area contributed by atoms with Gasteiger partial charge in [-0.25, -0.2) is 8.42 Å². The van der Waals surface area contributed by atoms with E-state index in [9.17, 15) is 18.3 Å². The summed E-state index contributed by atoms with van der Waals surface area (Å²) in [7, 11) is -3.31. The van der Waals surface area contributed by atoms with Crippen LogP contribution in [-0.4, -0.2) is 40.6 Å². The van der Waals surface area contributed by atoms with Gasteiger partial charge in [-0.3, -0.25) is 9.78 Å². The number of benzene rings is 3. The van der Waals surface area contributed by atoms with Crippen LogP contribution in [0.15, 0.2) is 94.9 Å². The van der Waals surface area contributed by atoms with Crippen molar-refractivity contribution < 1.29 is 23.1 Å². The molecule has 6 rings (SSSR count). The van der Waals surface area contributed by atoms with Crippen LogP contribution in [0.3, 0.4) is 0 Å². The Morgan fingerprint density at radius 3 is 2.40 bits per heavy atom. The second kappa shape index (κ2) is 12.0. The number of carboxylic acid groups (broad SMARTS) is 1. The van der Waals surface area contributed by atoms with E-state index < -0.39 is 21.2 Å². The van der Waals surface area contributed by atoms with Crippen LogP contribution < -0.4 is 4.74 Å². The fourth-order valence-electron chi connectivity index (χ4n) is 5.84. The number of hydrogen-bond donors (Lipinski definition) is 1. The standard InChI is InChI=1S/C36H36N2O5S2/c1-23-18-29-32(43-22-27-13-12-26(20-37-27)25-8-6-5-7-9-25)17-16-30-33(29)34(44-23)31(19-36(2,3)35(39)40)38(30)21-24-10-14-28(15-11-24)45(4,41)42/h5-17,20,23H,18-19,21-22H2,1-4H3,(H,39,40). The Balaban J connectivity index is 1.38. The highest BCUT2D eigenvalue weighted by Gasteiger charge is 2.34. The molecular formula is C36H36N2O5S2. The molecule has 0 saturated carbocycles. The van der Waals surface area contributed by atoms with Gasteiger partial charge in [0.1, 0.15) is 12.4 Å². The lowest BCUT2D eigenvalue weighted by atomic mass is 9.87. The minimum atomic E-state index is -3.31. The number of sulfone groups is 1. The molecule has 7 nitrogen and oxygen atoms in total. The van der Waals surface area contributed by atoms with E-state index in [-0.39, 0.29) is 10.1 Å². The molecule has 9 heteroatoms. The van der Waals surface area contributed by atoms with Crippen molar-refractivity contribution in [1.29, 1.82) is 0 Å². The molecule has 2 aromatic heterocycles. The Bertz CT molecular complexity index is 1980. The number of carbonyl (C=O) groups is 1. The first-order valence-electron chi connectivity index (χ1n) is 14.9. The number of nitrogens with zero attached hydrogens (tertiary/aromatic N) is 2. The third-order valence-electron chi connectivity index (χ3n) is 8.35. The first-order valence-corrected chi connectivity index (χ1v) is 17.7. The number of hydrogen-bond acceptors (Lipinski definition) is 6. The second-order valence-corrected chi connectivity index (χ2v) is 15.9. The van der Waals surface area contributed by atoms with E-state index in [2.05, 4.69) is 40.7 Å². The number of pyridine rings is 1. The van der Waals surface area contributed by atoms with Gasteiger partial charge in [0.05, 0.1) is 21.5 Å². The molecule has 0 aliphatic carbocycles. The predicted octanol–water partition coefficient (Wildman–Crippen LogP) is 7.42. The van der Waals surface area contributed by atoms with Gasteiger partial charge in [-0.2, -0.15) is 0 Å². The molecule has 3 heterocycles. The lowest BCUT2D eigenvalue weighted by Gasteiger charge is -2.24. The molecule has 0 amide bonds. The van der Waals surface area contributed by atoms with E-state index in [4.69, 9.17) is 4.74 Å². The molecule has 45 heavy (non-hydrogen) atoms. The lowest BCUT2D eigenvalue weighted by Crippen LogP contribution is -2.28. The van der Waals surface area contributed by atoms with Crippen molar-refractivity contribution in [3.8, 4) is 16.9 Å². The molecule has 0 bridgehead atoms. The summed E-state index contributed by atoms with van der Waals surface area (Å²) in [6, 6.07) is 25.2. The zero-order chi connectivity index (χ0) is 31.9. The van der Waals surface area contributed by atoms with Crippen molar-refractivity contribution >= 4 is 38.5 Å². The van der Waals surface area contributed by atoms with Crippen LogP contribution in [-0.2, 0) is 40.6 Å². The highest BCUT2D eigenvalue weighted by molar-refractivity contribution is 8.00. The van der Waals surface area contributed by atoms with Crippen molar-refractivity contribution in [3.63, 3.8) is 0 Å². The predicted molar refractivity (Wildman–Crippen MR) is 179 cm³/mol. The minimum absolute atomic E-state index is 0.269. The largest absolute Gasteiger partial charge is 0.487 e. The smallest absolute Gasteiger partial charge is 0.309 e. The van der Waals surface area contributed by atoms with Gasteiger partial charge < -0.3 is 14.4 Å². The van der Waals surface area contributed by atoms with Gasteiger partial charge in [0.15, 0.2) is 9.84 Å². The van der Waals surface area contributed by atoms with Gasteiger partial charge in [-0.15, -0.1) is 11.8 Å². The summed E-state index contributed by atoms with van der Waals surface area (Å²) in [4.78, 5) is 18.3. The Kier molecular flexibility index (Phi) is 8.26. The van der Waals surface area contributed by atoms with Crippen LogP contribution in [0.5, 0.6) is 5.75 Å². The highest BCUT2D eigenvalue weighted by Crippen LogP contribution is 2.48. The first kappa shape index (κ1) is 30.9. The monoisotopic (exact) mass is 640 g/mol. The molecule has 3 aromatic carbocycles. The fourth-order valence-corrected chi connectivity index (χ4v) is 7.79. The van der Waals surface area contributed by atoms with Crippen molar-refractivity contribution in [3.05, 3.63) is 108 Å². The van der Waals surface area contributed by atoms with E-state index in [0.29, 0.717) is 19.6 Å². The minimum Gasteiger partial charge on any atom is -0.487 e. The Hall–Kier alpha value is -4.08. The highest BCUT2D eigenvalue weighted by atomic mass is 32.2. The Morgan fingerprint density at radius 1 is 1.02 bits per heavy atom. The summed E-state index contributed by atoms with van der Waals surface area (Å²) in [5, 5.41) is 11.4. The SMILES string of the molecule is CC1Cc2c(OCc3ccc(-c4ccccc4)cn3)ccc3c2c(c(CC(C)(C)C(=O)O)n3Cc2ccc(S(C)(=O)=O)cc2)S1. The van der Waals surface area contributed by atoms with Crippen LogP contribution in [0.4, 0.5) is 0 Å². The summed E-state index contributed by atoms with van der Waals surface area (Å²) in [5.41, 5.74) is 6.05. The third-order valence-corrected chi connectivity index (χ3v) is 10.7. The van der Waals surface area contributed by atoms with Crippen molar-refractivity contribution in [2.24, 2.45) is 5.41 Å². The maximum atomic E-state index is 12.3. The van der Waals surface area contributed by atoms with Gasteiger partial charge in [0, 0.05) is 57.8 Å². The molecule has 0 saturated heterocycles. The van der Waals surface area contributed by atoms with E-state index >= 15 is 0 Å². The summed E-state index contributed by atoms with van der Waals surface area (Å²) in [6.07, 6.45) is 4.24. The molecule has 0 radical (unpaired) electrons. The van der Waals surface area contributed by atoms with Gasteiger partial charge in [0.25, 0.3) is 0 Å². The molecular weight excluding hydrogens is 605 g/mol. The quantitative estimate of drug-likeness (QED) is 0.170. The van der Waals surface area contributed by atoms with Crippen LogP contribution in [0.25, 0.3) is 22.0 Å². The number of ether oxygens (including phenoxy) is 1. The molecule has 1 unspecified atom stereocenters. The Labute approximate surface area is 268 Å². The molecule has 0 fully saturated rings. The number of aromatic nitrogens is 2. The number of aliphatic carboxylic acids is 1. The van der Waals surface area contributed by atoms with Crippen molar-refractivity contribution in [2.75, 3.05) is 6.26 Å². The summed E-state index contributed by atoms with van der Waals surface area (Å²) < 4.78 is 32.7. The molecule has 0 spiro atoms. The molecule has 232 valence electrons. The van der Waals surface area contributed by atoms with E-state index in [1.54, 1.807) is 37.7 Å². The van der Waals surface area contributed by atoms with Crippen LogP contribution in [0.1, 0.15) is 43.3 Å². The maximum Gasteiger partial charge on any atom is 0.309 e.